The lowest BCUT2D eigenvalue weighted by atomic mass is 10.2. The Balaban J connectivity index is 2.09. The number of benzene rings is 1. The molecule has 8 heteroatoms. The summed E-state index contributed by atoms with van der Waals surface area (Å²) < 4.78 is 1.74. The quantitative estimate of drug-likeness (QED) is 0.672. The Morgan fingerprint density at radius 1 is 1.25 bits per heavy atom. The van der Waals surface area contributed by atoms with Crippen molar-refractivity contribution in [2.24, 2.45) is 0 Å². The summed E-state index contributed by atoms with van der Waals surface area (Å²) in [6.07, 6.45) is 3.02. The predicted octanol–water partition coefficient (Wildman–Crippen LogP) is 2.20. The molecule has 0 radical (unpaired) electrons. The van der Waals surface area contributed by atoms with Gasteiger partial charge in [-0.2, -0.15) is 0 Å². The number of amides is 1. The lowest BCUT2D eigenvalue weighted by molar-refractivity contribution is -0.135. The molecule has 3 N–H and O–H groups in total. The summed E-state index contributed by atoms with van der Waals surface area (Å²) in [6.45, 7) is -0.573. The van der Waals surface area contributed by atoms with Crippen LogP contribution in [0.2, 0.25) is 5.02 Å². The average Bonchev–Trinajstić information content (AvgIpc) is 2.91. The van der Waals surface area contributed by atoms with Crippen molar-refractivity contribution in [3.63, 3.8) is 0 Å². The van der Waals surface area contributed by atoms with E-state index in [2.05, 4.69) is 10.3 Å². The number of aliphatic carboxylic acids is 1. The number of hydrogen-bond donors (Lipinski definition) is 3. The highest BCUT2D eigenvalue weighted by molar-refractivity contribution is 6.36. The van der Waals surface area contributed by atoms with E-state index in [-0.39, 0.29) is 16.1 Å². The van der Waals surface area contributed by atoms with E-state index in [0.717, 1.165) is 5.69 Å². The van der Waals surface area contributed by atoms with Crippen molar-refractivity contribution in [3.05, 3.63) is 53.4 Å². The van der Waals surface area contributed by atoms with Gasteiger partial charge in [0, 0.05) is 11.9 Å². The van der Waals surface area contributed by atoms with Crippen LogP contribution in [-0.2, 0) is 4.79 Å². The normalized spacial score (nSPS) is 10.7. The van der Waals surface area contributed by atoms with E-state index in [1.807, 2.05) is 30.3 Å². The van der Waals surface area contributed by atoms with Crippen LogP contribution < -0.4 is 5.32 Å². The number of carbonyl (C=O) groups is 2. The van der Waals surface area contributed by atoms with Gasteiger partial charge in [0.1, 0.15) is 6.54 Å². The highest BCUT2D eigenvalue weighted by atomic mass is 35.5. The number of nitrogens with zero attached hydrogens (tertiary/aromatic N) is 2. The number of halogens is 1. The van der Waals surface area contributed by atoms with Crippen LogP contribution in [0.1, 0.15) is 10.5 Å². The zero-order valence-corrected chi connectivity index (χ0v) is 13.0. The summed E-state index contributed by atoms with van der Waals surface area (Å²) in [5.74, 6) is -2.38. The number of aromatic nitrogens is 2. The molecule has 7 nitrogen and oxygen atoms in total. The van der Waals surface area contributed by atoms with Crippen molar-refractivity contribution < 1.29 is 19.8 Å². The molecule has 0 aliphatic heterocycles. The number of carboxylic acids is 1. The van der Waals surface area contributed by atoms with E-state index in [1.54, 1.807) is 10.8 Å². The van der Waals surface area contributed by atoms with Gasteiger partial charge in [0.05, 0.1) is 22.1 Å². The number of nitrogens with one attached hydrogen (secondary N) is 1. The molecule has 24 heavy (non-hydrogen) atoms. The van der Waals surface area contributed by atoms with Crippen molar-refractivity contribution in [3.8, 4) is 11.4 Å². The number of carbonyl (C=O) groups excluding carboxylic acids is 1. The number of para-hydroxylation sites is 1. The molecule has 0 atom stereocenters. The summed E-state index contributed by atoms with van der Waals surface area (Å²) in [5.41, 5.74) is 1.06. The zero-order chi connectivity index (χ0) is 17.3. The monoisotopic (exact) mass is 345 g/mol. The van der Waals surface area contributed by atoms with Crippen molar-refractivity contribution in [2.75, 3.05) is 6.54 Å². The van der Waals surface area contributed by atoms with Gasteiger partial charge in [-0.25, -0.2) is 4.98 Å². The van der Waals surface area contributed by atoms with E-state index in [0.29, 0.717) is 5.52 Å². The van der Waals surface area contributed by atoms with Gasteiger partial charge in [0.2, 0.25) is 0 Å². The van der Waals surface area contributed by atoms with Gasteiger partial charge < -0.3 is 20.1 Å². The number of aromatic hydroxyl groups is 1. The third-order valence-electron chi connectivity index (χ3n) is 3.42. The Morgan fingerprint density at radius 2 is 1.96 bits per heavy atom. The van der Waals surface area contributed by atoms with Gasteiger partial charge in [-0.15, -0.1) is 0 Å². The van der Waals surface area contributed by atoms with Crippen LogP contribution in [0.5, 0.6) is 5.75 Å². The fourth-order valence-electron chi connectivity index (χ4n) is 2.36. The number of hydrogen-bond acceptors (Lipinski definition) is 4. The first kappa shape index (κ1) is 15.8. The molecule has 0 saturated heterocycles. The van der Waals surface area contributed by atoms with E-state index >= 15 is 0 Å². The van der Waals surface area contributed by atoms with Gasteiger partial charge in [0.25, 0.3) is 5.91 Å². The molecule has 0 spiro atoms. The minimum atomic E-state index is -1.20. The van der Waals surface area contributed by atoms with Gasteiger partial charge in [-0.3, -0.25) is 9.59 Å². The minimum Gasteiger partial charge on any atom is -0.505 e. The van der Waals surface area contributed by atoms with Gasteiger partial charge in [-0.05, 0) is 12.1 Å². The first-order valence-corrected chi connectivity index (χ1v) is 7.30. The molecule has 122 valence electrons. The Kier molecular flexibility index (Phi) is 4.09. The van der Waals surface area contributed by atoms with E-state index in [1.165, 1.54) is 6.20 Å². The maximum absolute atomic E-state index is 12.0. The second-order valence-corrected chi connectivity index (χ2v) is 5.38. The minimum absolute atomic E-state index is 0.251. The molecular formula is C16H12ClN3O4. The van der Waals surface area contributed by atoms with Crippen LogP contribution in [-0.4, -0.2) is 38.2 Å². The van der Waals surface area contributed by atoms with Crippen LogP contribution in [0.15, 0.2) is 42.7 Å². The number of carboxylic acid groups (broad SMARTS) is 1. The number of pyridine rings is 1. The number of fused-ring (bicyclic) bond motifs is 1. The molecule has 1 amide bonds. The third kappa shape index (κ3) is 2.77. The van der Waals surface area contributed by atoms with Crippen molar-refractivity contribution in [2.45, 2.75) is 0 Å². The summed E-state index contributed by atoms with van der Waals surface area (Å²) in [5, 5.41) is 21.6. The molecule has 0 unspecified atom stereocenters. The van der Waals surface area contributed by atoms with E-state index in [9.17, 15) is 14.7 Å². The molecule has 0 aliphatic carbocycles. The standard InChI is InChI=1S/C16H12ClN3O4/c17-10-8-20(9-4-2-1-3-5-9)11-6-18-14(15(23)13(10)11)16(24)19-7-12(21)22/h1-6,8,23H,7H2,(H,19,24)(H,21,22). The molecule has 0 fully saturated rings. The molecular weight excluding hydrogens is 334 g/mol. The van der Waals surface area contributed by atoms with Crippen LogP contribution in [0.3, 0.4) is 0 Å². The first-order valence-electron chi connectivity index (χ1n) is 6.93. The highest BCUT2D eigenvalue weighted by Gasteiger charge is 2.20. The van der Waals surface area contributed by atoms with E-state index < -0.39 is 24.2 Å². The average molecular weight is 346 g/mol. The third-order valence-corrected chi connectivity index (χ3v) is 3.71. The molecule has 0 bridgehead atoms. The van der Waals surface area contributed by atoms with Crippen LogP contribution in [0.25, 0.3) is 16.6 Å². The summed E-state index contributed by atoms with van der Waals surface area (Å²) in [7, 11) is 0. The maximum atomic E-state index is 12.0. The predicted molar refractivity (Wildman–Crippen MR) is 87.7 cm³/mol. The molecule has 2 aromatic heterocycles. The summed E-state index contributed by atoms with van der Waals surface area (Å²) in [4.78, 5) is 26.4. The Bertz CT molecular complexity index is 937. The molecule has 3 aromatic rings. The largest absolute Gasteiger partial charge is 0.505 e. The summed E-state index contributed by atoms with van der Waals surface area (Å²) in [6, 6.07) is 9.31. The lowest BCUT2D eigenvalue weighted by Gasteiger charge is -2.07. The van der Waals surface area contributed by atoms with Crippen molar-refractivity contribution in [1.82, 2.24) is 14.9 Å². The van der Waals surface area contributed by atoms with Gasteiger partial charge in [-0.1, -0.05) is 29.8 Å². The molecule has 0 saturated carbocycles. The molecule has 0 aliphatic rings. The first-order chi connectivity index (χ1) is 11.5. The van der Waals surface area contributed by atoms with Gasteiger partial charge in [0.15, 0.2) is 11.4 Å². The smallest absolute Gasteiger partial charge is 0.322 e. The SMILES string of the molecule is O=C(O)CNC(=O)c1ncc2c(c(Cl)cn2-c2ccccc2)c1O. The fourth-order valence-corrected chi connectivity index (χ4v) is 2.65. The Morgan fingerprint density at radius 3 is 2.62 bits per heavy atom. The van der Waals surface area contributed by atoms with Crippen LogP contribution in [0.4, 0.5) is 0 Å². The number of rotatable bonds is 4. The topological polar surface area (TPSA) is 104 Å². The maximum Gasteiger partial charge on any atom is 0.322 e. The highest BCUT2D eigenvalue weighted by Crippen LogP contribution is 2.36. The second kappa shape index (κ2) is 6.21. The molecule has 2 heterocycles. The zero-order valence-electron chi connectivity index (χ0n) is 12.2. The second-order valence-electron chi connectivity index (χ2n) is 4.97. The van der Waals surface area contributed by atoms with Crippen LogP contribution >= 0.6 is 11.6 Å². The fraction of sp³-hybridized carbons (Fsp3) is 0.0625. The molecule has 3 rings (SSSR count). The van der Waals surface area contributed by atoms with Crippen molar-refractivity contribution >= 4 is 34.4 Å². The van der Waals surface area contributed by atoms with E-state index in [4.69, 9.17) is 16.7 Å². The van der Waals surface area contributed by atoms with Crippen LogP contribution in [0, 0.1) is 0 Å². The Labute approximate surface area is 141 Å². The van der Waals surface area contributed by atoms with Gasteiger partial charge >= 0.3 is 5.97 Å². The van der Waals surface area contributed by atoms with Crippen molar-refractivity contribution in [1.29, 1.82) is 0 Å². The lowest BCUT2D eigenvalue weighted by Crippen LogP contribution is -2.29. The Hall–Kier alpha value is -3.06. The molecule has 1 aromatic carbocycles. The summed E-state index contributed by atoms with van der Waals surface area (Å²) >= 11 is 6.20.